The van der Waals surface area contributed by atoms with E-state index in [0.717, 1.165) is 24.8 Å². The molecule has 0 aliphatic carbocycles. The van der Waals surface area contributed by atoms with Crippen molar-refractivity contribution >= 4 is 22.6 Å². The van der Waals surface area contributed by atoms with Crippen molar-refractivity contribution in [2.24, 2.45) is 0 Å². The van der Waals surface area contributed by atoms with Crippen LogP contribution in [0.2, 0.25) is 0 Å². The predicted molar refractivity (Wildman–Crippen MR) is 98.6 cm³/mol. The Morgan fingerprint density at radius 1 is 0.960 bits per heavy atom. The van der Waals surface area contributed by atoms with Gasteiger partial charge in [0.2, 0.25) is 5.91 Å². The Hall–Kier alpha value is -2.82. The summed E-state index contributed by atoms with van der Waals surface area (Å²) < 4.78 is 0. The van der Waals surface area contributed by atoms with Crippen LogP contribution in [0.5, 0.6) is 0 Å². The number of hydrogen-bond acceptors (Lipinski definition) is 2. The third-order valence-corrected chi connectivity index (χ3v) is 4.35. The van der Waals surface area contributed by atoms with Gasteiger partial charge in [0.15, 0.2) is 5.78 Å². The molecular weight excluding hydrogens is 314 g/mol. The van der Waals surface area contributed by atoms with Gasteiger partial charge in [0.25, 0.3) is 0 Å². The van der Waals surface area contributed by atoms with Gasteiger partial charge in [-0.3, -0.25) is 9.59 Å². The number of unbranched alkanes of at least 4 members (excludes halogenated alkanes) is 1. The van der Waals surface area contributed by atoms with Crippen LogP contribution in [0.4, 0.5) is 0 Å². The first-order valence-corrected chi connectivity index (χ1v) is 8.72. The molecule has 130 valence electrons. The number of carbonyl (C=O) groups is 2. The number of Topliss-reactive ketones (excluding diaryl/α,β-unsaturated/α-hetero) is 1. The van der Waals surface area contributed by atoms with Gasteiger partial charge in [0.05, 0.1) is 5.69 Å². The monoisotopic (exact) mass is 337 g/mol. The highest BCUT2D eigenvalue weighted by atomic mass is 16.2. The number of nitrogens with one attached hydrogen (secondary N) is 3. The molecule has 0 aliphatic rings. The molecule has 0 aliphatic heterocycles. The minimum atomic E-state index is -0.0630. The van der Waals surface area contributed by atoms with E-state index in [9.17, 15) is 9.59 Å². The molecule has 0 fully saturated rings. The topological polar surface area (TPSA) is 77.8 Å². The lowest BCUT2D eigenvalue weighted by Gasteiger charge is -2.05. The number of benzene rings is 1. The second-order valence-electron chi connectivity index (χ2n) is 6.17. The molecular formula is C20H23N3O2. The van der Waals surface area contributed by atoms with E-state index in [4.69, 9.17) is 0 Å². The predicted octanol–water partition coefficient (Wildman–Crippen LogP) is 3.60. The molecule has 1 aromatic carbocycles. The van der Waals surface area contributed by atoms with Crippen LogP contribution < -0.4 is 5.32 Å². The number of para-hydroxylation sites is 1. The maximum atomic E-state index is 11.8. The van der Waals surface area contributed by atoms with E-state index >= 15 is 0 Å². The molecule has 0 saturated carbocycles. The summed E-state index contributed by atoms with van der Waals surface area (Å²) in [7, 11) is 0. The average molecular weight is 337 g/mol. The molecule has 3 rings (SSSR count). The van der Waals surface area contributed by atoms with Gasteiger partial charge < -0.3 is 15.3 Å². The largest absolute Gasteiger partial charge is 0.361 e. The summed E-state index contributed by atoms with van der Waals surface area (Å²) in [5.74, 6) is -0.0912. The lowest BCUT2D eigenvalue weighted by Crippen LogP contribution is -2.24. The van der Waals surface area contributed by atoms with Crippen molar-refractivity contribution in [3.63, 3.8) is 0 Å². The van der Waals surface area contributed by atoms with E-state index in [-0.39, 0.29) is 24.5 Å². The number of carbonyl (C=O) groups excluding carboxylic acids is 2. The van der Waals surface area contributed by atoms with Crippen LogP contribution in [0, 0.1) is 0 Å². The van der Waals surface area contributed by atoms with E-state index in [1.54, 1.807) is 18.3 Å². The number of aryl methyl sites for hydroxylation is 1. The number of rotatable bonds is 9. The van der Waals surface area contributed by atoms with Crippen molar-refractivity contribution in [3.05, 3.63) is 60.0 Å². The molecule has 3 N–H and O–H groups in total. The maximum absolute atomic E-state index is 11.8. The van der Waals surface area contributed by atoms with Gasteiger partial charge in [0.1, 0.15) is 0 Å². The van der Waals surface area contributed by atoms with Crippen LogP contribution in [0.3, 0.4) is 0 Å². The SMILES string of the molecule is O=C(CCC(=O)c1ccc[nH]1)NCCCCc1c[nH]c2ccccc12. The number of ketones is 1. The fourth-order valence-electron chi connectivity index (χ4n) is 2.96. The van der Waals surface area contributed by atoms with Crippen molar-refractivity contribution in [1.29, 1.82) is 0 Å². The fourth-order valence-corrected chi connectivity index (χ4v) is 2.96. The molecule has 5 nitrogen and oxygen atoms in total. The first-order valence-electron chi connectivity index (χ1n) is 8.72. The Balaban J connectivity index is 1.32. The number of amides is 1. The van der Waals surface area contributed by atoms with Crippen molar-refractivity contribution in [2.75, 3.05) is 6.54 Å². The summed E-state index contributed by atoms with van der Waals surface area (Å²) in [5.41, 5.74) is 3.04. The number of hydrogen-bond donors (Lipinski definition) is 3. The summed E-state index contributed by atoms with van der Waals surface area (Å²) in [6.07, 6.45) is 7.18. The molecule has 0 bridgehead atoms. The summed E-state index contributed by atoms with van der Waals surface area (Å²) in [6.45, 7) is 0.651. The van der Waals surface area contributed by atoms with Gasteiger partial charge in [-0.25, -0.2) is 0 Å². The van der Waals surface area contributed by atoms with Crippen LogP contribution in [0.15, 0.2) is 48.8 Å². The molecule has 0 saturated heterocycles. The van der Waals surface area contributed by atoms with Crippen molar-refractivity contribution in [3.8, 4) is 0 Å². The second kappa shape index (κ2) is 8.33. The van der Waals surface area contributed by atoms with E-state index in [0.29, 0.717) is 12.2 Å². The van der Waals surface area contributed by atoms with Crippen molar-refractivity contribution in [2.45, 2.75) is 32.1 Å². The Morgan fingerprint density at radius 3 is 2.68 bits per heavy atom. The van der Waals surface area contributed by atoms with Crippen LogP contribution in [0.25, 0.3) is 10.9 Å². The number of H-pyrrole nitrogens is 2. The fraction of sp³-hybridized carbons (Fsp3) is 0.300. The Bertz CT molecular complexity index is 834. The molecule has 25 heavy (non-hydrogen) atoms. The van der Waals surface area contributed by atoms with Crippen LogP contribution in [-0.2, 0) is 11.2 Å². The lowest BCUT2D eigenvalue weighted by atomic mass is 10.1. The van der Waals surface area contributed by atoms with Crippen molar-refractivity contribution < 1.29 is 9.59 Å². The van der Waals surface area contributed by atoms with E-state index in [1.165, 1.54) is 10.9 Å². The normalized spacial score (nSPS) is 10.9. The van der Waals surface area contributed by atoms with Crippen LogP contribution >= 0.6 is 0 Å². The zero-order valence-corrected chi connectivity index (χ0v) is 14.2. The molecule has 0 atom stereocenters. The zero-order chi connectivity index (χ0) is 17.5. The highest BCUT2D eigenvalue weighted by Gasteiger charge is 2.09. The Labute approximate surface area is 146 Å². The van der Waals surface area contributed by atoms with Gasteiger partial charge in [-0.2, -0.15) is 0 Å². The van der Waals surface area contributed by atoms with Crippen LogP contribution in [0.1, 0.15) is 41.7 Å². The smallest absolute Gasteiger partial charge is 0.220 e. The van der Waals surface area contributed by atoms with Gasteiger partial charge in [0, 0.05) is 42.7 Å². The third-order valence-electron chi connectivity index (χ3n) is 4.35. The van der Waals surface area contributed by atoms with Gasteiger partial charge in [-0.1, -0.05) is 18.2 Å². The van der Waals surface area contributed by atoms with E-state index in [1.807, 2.05) is 12.1 Å². The Morgan fingerprint density at radius 2 is 1.84 bits per heavy atom. The average Bonchev–Trinajstić information content (AvgIpc) is 3.29. The van der Waals surface area contributed by atoms with Gasteiger partial charge in [-0.15, -0.1) is 0 Å². The second-order valence-corrected chi connectivity index (χ2v) is 6.17. The van der Waals surface area contributed by atoms with Crippen LogP contribution in [-0.4, -0.2) is 28.2 Å². The maximum Gasteiger partial charge on any atom is 0.220 e. The summed E-state index contributed by atoms with van der Waals surface area (Å²) in [6, 6.07) is 11.8. The highest BCUT2D eigenvalue weighted by molar-refractivity contribution is 5.96. The summed E-state index contributed by atoms with van der Waals surface area (Å²) >= 11 is 0. The molecule has 3 aromatic rings. The highest BCUT2D eigenvalue weighted by Crippen LogP contribution is 2.19. The quantitative estimate of drug-likeness (QED) is 0.412. The molecule has 0 unspecified atom stereocenters. The molecule has 1 amide bonds. The zero-order valence-electron chi connectivity index (χ0n) is 14.2. The minimum Gasteiger partial charge on any atom is -0.361 e. The third kappa shape index (κ3) is 4.59. The molecule has 2 aromatic heterocycles. The summed E-state index contributed by atoms with van der Waals surface area (Å²) in [4.78, 5) is 29.8. The lowest BCUT2D eigenvalue weighted by molar-refractivity contribution is -0.121. The first-order chi connectivity index (χ1) is 12.2. The number of fused-ring (bicyclic) bond motifs is 1. The molecule has 5 heteroatoms. The van der Waals surface area contributed by atoms with E-state index in [2.05, 4.69) is 33.6 Å². The van der Waals surface area contributed by atoms with Gasteiger partial charge >= 0.3 is 0 Å². The number of aromatic amines is 2. The standard InChI is InChI=1S/C20H23N3O2/c24-19(18-9-5-13-21-18)10-11-20(25)22-12-4-3-6-15-14-23-17-8-2-1-7-16(15)17/h1-2,5,7-9,13-14,21,23H,3-4,6,10-12H2,(H,22,25). The molecule has 0 spiro atoms. The Kier molecular flexibility index (Phi) is 5.67. The van der Waals surface area contributed by atoms with Gasteiger partial charge in [-0.05, 0) is 43.0 Å². The number of aromatic nitrogens is 2. The van der Waals surface area contributed by atoms with Crippen molar-refractivity contribution in [1.82, 2.24) is 15.3 Å². The summed E-state index contributed by atoms with van der Waals surface area (Å²) in [5, 5.41) is 4.16. The molecule has 0 radical (unpaired) electrons. The molecule has 2 heterocycles. The first kappa shape index (κ1) is 17.0. The van der Waals surface area contributed by atoms with E-state index < -0.39 is 0 Å². The minimum absolute atomic E-state index is 0.0283.